The second-order valence-electron chi connectivity index (χ2n) is 27.2. The third kappa shape index (κ3) is 66.6. The second-order valence-corrected chi connectivity index (χ2v) is 30.1. The number of rotatable bonds is 70. The average Bonchev–Trinajstić information content (AvgIpc) is 3.10. The standard InChI is InChI=1S/C74H140O17P2/c1-8-10-11-12-13-14-15-16-17-20-23-28-33-41-48-55-71(76)84-61-69(90-74(79)58-51-44-35-30-25-27-32-39-46-53-66(5)6)63-88-92(80,81)86-59-68(75)60-87-93(82,83)89-64-70(62-85-72(77)56-49-42-37-36-40-47-54-67(7)9-2)91-73(78)57-50-43-34-29-24-21-18-19-22-26-31-38-45-52-65(3)4/h14-17,65-70,75H,8-13,18-64H2,1-7H3,(H,80,81)(H,82,83)/b15-14-,17-16-/t67?,68-,69-,70-/m1/s1. The van der Waals surface area contributed by atoms with Crippen LogP contribution in [0.25, 0.3) is 0 Å². The summed E-state index contributed by atoms with van der Waals surface area (Å²) in [5, 5.41) is 10.6. The monoisotopic (exact) mass is 1360 g/mol. The molecule has 17 nitrogen and oxygen atoms in total. The first-order valence-corrected chi connectivity index (χ1v) is 40.7. The molecular formula is C74H140O17P2. The first-order valence-electron chi connectivity index (χ1n) is 37.7. The number of hydrogen-bond acceptors (Lipinski definition) is 15. The predicted octanol–water partition coefficient (Wildman–Crippen LogP) is 21.0. The minimum absolute atomic E-state index is 0.0980. The van der Waals surface area contributed by atoms with E-state index in [2.05, 4.69) is 72.8 Å². The van der Waals surface area contributed by atoms with Crippen LogP contribution in [-0.2, 0) is 65.4 Å². The Balaban J connectivity index is 5.28. The topological polar surface area (TPSA) is 237 Å². The minimum Gasteiger partial charge on any atom is -0.462 e. The molecule has 0 radical (unpaired) electrons. The molecule has 6 atom stereocenters. The zero-order valence-corrected chi connectivity index (χ0v) is 62.0. The van der Waals surface area contributed by atoms with Gasteiger partial charge in [-0.2, -0.15) is 0 Å². The summed E-state index contributed by atoms with van der Waals surface area (Å²) < 4.78 is 68.4. The van der Waals surface area contributed by atoms with E-state index in [0.29, 0.717) is 25.7 Å². The molecule has 0 saturated heterocycles. The first kappa shape index (κ1) is 90.5. The number of aliphatic hydroxyl groups excluding tert-OH is 1. The lowest BCUT2D eigenvalue weighted by molar-refractivity contribution is -0.161. The van der Waals surface area contributed by atoms with Crippen molar-refractivity contribution in [3.05, 3.63) is 24.3 Å². The lowest BCUT2D eigenvalue weighted by Gasteiger charge is -2.21. The van der Waals surface area contributed by atoms with E-state index in [0.717, 1.165) is 133 Å². The molecule has 0 amide bonds. The number of phosphoric acid groups is 2. The molecule has 0 heterocycles. The molecule has 0 spiro atoms. The molecule has 0 aromatic carbocycles. The summed E-state index contributed by atoms with van der Waals surface area (Å²) >= 11 is 0. The summed E-state index contributed by atoms with van der Waals surface area (Å²) in [4.78, 5) is 72.7. The van der Waals surface area contributed by atoms with Crippen LogP contribution in [-0.4, -0.2) is 96.7 Å². The fourth-order valence-corrected chi connectivity index (χ4v) is 12.3. The summed E-state index contributed by atoms with van der Waals surface area (Å²) in [6.07, 6.45) is 52.2. The Morgan fingerprint density at radius 3 is 0.957 bits per heavy atom. The second kappa shape index (κ2) is 64.2. The van der Waals surface area contributed by atoms with Crippen molar-refractivity contribution in [2.75, 3.05) is 39.6 Å². The van der Waals surface area contributed by atoms with Gasteiger partial charge in [0.2, 0.25) is 0 Å². The van der Waals surface area contributed by atoms with Crippen LogP contribution in [0.5, 0.6) is 0 Å². The molecule has 3 N–H and O–H groups in total. The highest BCUT2D eigenvalue weighted by atomic mass is 31.2. The minimum atomic E-state index is -4.96. The van der Waals surface area contributed by atoms with E-state index in [1.165, 1.54) is 135 Å². The number of phosphoric ester groups is 2. The summed E-state index contributed by atoms with van der Waals surface area (Å²) in [5.41, 5.74) is 0. The smallest absolute Gasteiger partial charge is 0.462 e. The van der Waals surface area contributed by atoms with Gasteiger partial charge in [-0.3, -0.25) is 37.3 Å². The largest absolute Gasteiger partial charge is 0.472 e. The lowest BCUT2D eigenvalue weighted by Crippen LogP contribution is -2.30. The normalized spacial score (nSPS) is 14.6. The highest BCUT2D eigenvalue weighted by molar-refractivity contribution is 7.47. The van der Waals surface area contributed by atoms with E-state index < -0.39 is 97.5 Å². The maximum atomic E-state index is 13.0. The van der Waals surface area contributed by atoms with Crippen molar-refractivity contribution >= 4 is 39.5 Å². The third-order valence-electron chi connectivity index (χ3n) is 16.9. The van der Waals surface area contributed by atoms with E-state index in [1.54, 1.807) is 0 Å². The van der Waals surface area contributed by atoms with Crippen molar-refractivity contribution in [3.63, 3.8) is 0 Å². The molecule has 19 heteroatoms. The van der Waals surface area contributed by atoms with Crippen LogP contribution in [0.3, 0.4) is 0 Å². The fraction of sp³-hybridized carbons (Fsp3) is 0.892. The number of allylic oxidation sites excluding steroid dienone is 4. The van der Waals surface area contributed by atoms with Crippen LogP contribution in [0.1, 0.15) is 350 Å². The van der Waals surface area contributed by atoms with Crippen molar-refractivity contribution in [2.45, 2.75) is 369 Å². The van der Waals surface area contributed by atoms with Gasteiger partial charge in [0.15, 0.2) is 12.2 Å². The zero-order valence-electron chi connectivity index (χ0n) is 60.2. The number of esters is 4. The molecule has 0 aliphatic heterocycles. The summed E-state index contributed by atoms with van der Waals surface area (Å²) in [6.45, 7) is 11.8. The van der Waals surface area contributed by atoms with Gasteiger partial charge < -0.3 is 33.8 Å². The molecule has 0 aliphatic rings. The lowest BCUT2D eigenvalue weighted by atomic mass is 10.00. The number of carbonyl (C=O) groups excluding carboxylic acids is 4. The Hall–Kier alpha value is -2.46. The Labute approximate surface area is 567 Å². The van der Waals surface area contributed by atoms with Gasteiger partial charge in [-0.1, -0.05) is 297 Å². The third-order valence-corrected chi connectivity index (χ3v) is 18.8. The van der Waals surface area contributed by atoms with E-state index in [9.17, 15) is 43.2 Å². The van der Waals surface area contributed by atoms with Crippen LogP contribution in [0, 0.1) is 17.8 Å². The van der Waals surface area contributed by atoms with Gasteiger partial charge in [0, 0.05) is 25.7 Å². The highest BCUT2D eigenvalue weighted by Crippen LogP contribution is 2.45. The van der Waals surface area contributed by atoms with Crippen LogP contribution in [0.2, 0.25) is 0 Å². The Kier molecular flexibility index (Phi) is 62.5. The molecule has 0 aromatic heterocycles. The van der Waals surface area contributed by atoms with Crippen molar-refractivity contribution in [1.82, 2.24) is 0 Å². The molecule has 93 heavy (non-hydrogen) atoms. The fourth-order valence-electron chi connectivity index (χ4n) is 10.7. The van der Waals surface area contributed by atoms with Crippen molar-refractivity contribution < 1.29 is 80.2 Å². The van der Waals surface area contributed by atoms with Crippen LogP contribution in [0.4, 0.5) is 0 Å². The van der Waals surface area contributed by atoms with Crippen molar-refractivity contribution in [1.29, 1.82) is 0 Å². The molecule has 3 unspecified atom stereocenters. The van der Waals surface area contributed by atoms with Crippen molar-refractivity contribution in [2.24, 2.45) is 17.8 Å². The molecule has 0 aliphatic carbocycles. The number of aliphatic hydroxyl groups is 1. The Morgan fingerprint density at radius 2 is 0.634 bits per heavy atom. The molecule has 548 valence electrons. The van der Waals surface area contributed by atoms with Crippen LogP contribution >= 0.6 is 15.6 Å². The van der Waals surface area contributed by atoms with Gasteiger partial charge in [0.25, 0.3) is 0 Å². The Bertz CT molecular complexity index is 1910. The molecule has 0 saturated carbocycles. The van der Waals surface area contributed by atoms with Crippen LogP contribution < -0.4 is 0 Å². The zero-order chi connectivity index (χ0) is 68.7. The Morgan fingerprint density at radius 1 is 0.355 bits per heavy atom. The van der Waals surface area contributed by atoms with E-state index >= 15 is 0 Å². The number of ether oxygens (including phenoxy) is 4. The predicted molar refractivity (Wildman–Crippen MR) is 377 cm³/mol. The van der Waals surface area contributed by atoms with Crippen molar-refractivity contribution in [3.8, 4) is 0 Å². The highest BCUT2D eigenvalue weighted by Gasteiger charge is 2.30. The summed E-state index contributed by atoms with van der Waals surface area (Å²) in [5.74, 6) is 0.0949. The number of carbonyl (C=O) groups is 4. The molecule has 0 rings (SSSR count). The number of unbranched alkanes of at least 4 members (excludes halogenated alkanes) is 34. The summed E-state index contributed by atoms with van der Waals surface area (Å²) in [6, 6.07) is 0. The first-order chi connectivity index (χ1) is 44.8. The van der Waals surface area contributed by atoms with E-state index in [1.807, 2.05) is 0 Å². The molecule has 0 aromatic rings. The molecule has 0 bridgehead atoms. The van der Waals surface area contributed by atoms with Gasteiger partial charge in [-0.05, 0) is 69.1 Å². The summed E-state index contributed by atoms with van der Waals surface area (Å²) in [7, 11) is -9.92. The van der Waals surface area contributed by atoms with Gasteiger partial charge in [-0.25, -0.2) is 9.13 Å². The maximum Gasteiger partial charge on any atom is 0.472 e. The van der Waals surface area contributed by atoms with E-state index in [4.69, 9.17) is 37.0 Å². The van der Waals surface area contributed by atoms with Gasteiger partial charge in [-0.15, -0.1) is 0 Å². The van der Waals surface area contributed by atoms with E-state index in [-0.39, 0.29) is 25.7 Å². The SMILES string of the molecule is CCCCCC/C=C\C=C/CCCCCCCC(=O)OC[C@H](COP(=O)(O)OC[C@@H](O)COP(=O)(O)OC[C@@H](COC(=O)CCCCCCCCC(C)CC)OC(=O)CCCCCCCCCCCCCCCC(C)C)OC(=O)CCCCCCCCCCCC(C)C. The number of hydrogen-bond donors (Lipinski definition) is 3. The maximum absolute atomic E-state index is 13.0. The quantitative estimate of drug-likeness (QED) is 0.0169. The van der Waals surface area contributed by atoms with Gasteiger partial charge in [0.05, 0.1) is 26.4 Å². The molecule has 0 fully saturated rings. The average molecular weight is 1360 g/mol. The molecular weight excluding hydrogens is 1220 g/mol. The van der Waals surface area contributed by atoms with Gasteiger partial charge >= 0.3 is 39.5 Å². The van der Waals surface area contributed by atoms with Gasteiger partial charge in [0.1, 0.15) is 19.3 Å². The van der Waals surface area contributed by atoms with Crippen LogP contribution in [0.15, 0.2) is 24.3 Å².